The molecule has 6 nitrogen and oxygen atoms in total. The van der Waals surface area contributed by atoms with Crippen LogP contribution in [0.1, 0.15) is 25.5 Å². The predicted octanol–water partition coefficient (Wildman–Crippen LogP) is 2.99. The highest BCUT2D eigenvalue weighted by molar-refractivity contribution is 7.89. The van der Waals surface area contributed by atoms with E-state index in [0.717, 1.165) is 0 Å². The summed E-state index contributed by atoms with van der Waals surface area (Å²) in [4.78, 5) is 12.6. The largest absolute Gasteiger partial charge is 0.491 e. The van der Waals surface area contributed by atoms with Crippen LogP contribution in [0.4, 0.5) is 0 Å². The summed E-state index contributed by atoms with van der Waals surface area (Å²) in [6, 6.07) is 11.9. The SMILES string of the molecule is CC(C)Oc1ccc(S(=O)(=O)N2CCNC(=O)C2c2cccc(Cl)c2)cc1. The summed E-state index contributed by atoms with van der Waals surface area (Å²) in [6.45, 7) is 4.22. The van der Waals surface area contributed by atoms with E-state index in [1.165, 1.54) is 16.4 Å². The second-order valence-electron chi connectivity index (χ2n) is 6.50. The summed E-state index contributed by atoms with van der Waals surface area (Å²) < 4.78 is 33.2. The lowest BCUT2D eigenvalue weighted by atomic mass is 10.0. The molecule has 3 rings (SSSR count). The Morgan fingerprint density at radius 2 is 1.89 bits per heavy atom. The number of hydrogen-bond donors (Lipinski definition) is 1. The van der Waals surface area contributed by atoms with Crippen molar-refractivity contribution < 1.29 is 17.9 Å². The Balaban J connectivity index is 1.96. The molecule has 1 aliphatic rings. The number of amides is 1. The van der Waals surface area contributed by atoms with E-state index < -0.39 is 16.1 Å². The Morgan fingerprint density at radius 1 is 1.19 bits per heavy atom. The maximum Gasteiger partial charge on any atom is 0.244 e. The van der Waals surface area contributed by atoms with Crippen LogP contribution < -0.4 is 10.1 Å². The summed E-state index contributed by atoms with van der Waals surface area (Å²) in [6.07, 6.45) is -0.00884. The molecule has 0 bridgehead atoms. The average Bonchev–Trinajstić information content (AvgIpc) is 2.61. The quantitative estimate of drug-likeness (QED) is 0.825. The number of ether oxygens (including phenoxy) is 1. The molecule has 1 atom stereocenters. The van der Waals surface area contributed by atoms with Crippen molar-refractivity contribution in [2.45, 2.75) is 30.9 Å². The summed E-state index contributed by atoms with van der Waals surface area (Å²) in [5, 5.41) is 3.17. The second-order valence-corrected chi connectivity index (χ2v) is 8.83. The predicted molar refractivity (Wildman–Crippen MR) is 103 cm³/mol. The Hall–Kier alpha value is -2.09. The van der Waals surface area contributed by atoms with Gasteiger partial charge in [-0.15, -0.1) is 0 Å². The average molecular weight is 409 g/mol. The molecular weight excluding hydrogens is 388 g/mol. The Bertz CT molecular complexity index is 929. The number of nitrogens with zero attached hydrogens (tertiary/aromatic N) is 1. The third-order valence-electron chi connectivity index (χ3n) is 4.13. The molecule has 0 saturated carbocycles. The molecule has 1 aliphatic heterocycles. The number of piperazine rings is 1. The van der Waals surface area contributed by atoms with Crippen molar-refractivity contribution in [1.29, 1.82) is 0 Å². The first-order valence-corrected chi connectivity index (χ1v) is 10.4. The number of carbonyl (C=O) groups excluding carboxylic acids is 1. The first-order chi connectivity index (χ1) is 12.8. The van der Waals surface area contributed by atoms with Gasteiger partial charge >= 0.3 is 0 Å². The fraction of sp³-hybridized carbons (Fsp3) is 0.316. The van der Waals surface area contributed by atoms with E-state index in [1.54, 1.807) is 36.4 Å². The van der Waals surface area contributed by atoms with Gasteiger partial charge in [0.1, 0.15) is 11.8 Å². The van der Waals surface area contributed by atoms with Crippen LogP contribution in [0.2, 0.25) is 5.02 Å². The van der Waals surface area contributed by atoms with Crippen molar-refractivity contribution in [2.24, 2.45) is 0 Å². The Kier molecular flexibility index (Phi) is 5.74. The van der Waals surface area contributed by atoms with E-state index in [0.29, 0.717) is 16.3 Å². The van der Waals surface area contributed by atoms with Gasteiger partial charge in [0.15, 0.2) is 0 Å². The molecule has 2 aromatic carbocycles. The van der Waals surface area contributed by atoms with E-state index >= 15 is 0 Å². The molecule has 0 spiro atoms. The Labute approximate surface area is 164 Å². The molecular formula is C19H21ClN2O4S. The molecule has 1 amide bonds. The Morgan fingerprint density at radius 3 is 2.52 bits per heavy atom. The lowest BCUT2D eigenvalue weighted by Crippen LogP contribution is -2.52. The van der Waals surface area contributed by atoms with Gasteiger partial charge in [0.05, 0.1) is 11.0 Å². The summed E-state index contributed by atoms with van der Waals surface area (Å²) in [5.41, 5.74) is 0.531. The minimum absolute atomic E-state index is 0.00884. The first-order valence-electron chi connectivity index (χ1n) is 8.61. The topological polar surface area (TPSA) is 75.7 Å². The van der Waals surface area contributed by atoms with Crippen LogP contribution in [0.15, 0.2) is 53.4 Å². The molecule has 2 aromatic rings. The summed E-state index contributed by atoms with van der Waals surface area (Å²) in [7, 11) is -3.88. The van der Waals surface area contributed by atoms with Crippen molar-refractivity contribution in [2.75, 3.05) is 13.1 Å². The number of hydrogen-bond acceptors (Lipinski definition) is 4. The van der Waals surface area contributed by atoms with Crippen LogP contribution in [0, 0.1) is 0 Å². The van der Waals surface area contributed by atoms with Crippen LogP contribution in [0.5, 0.6) is 5.75 Å². The van der Waals surface area contributed by atoms with Crippen LogP contribution >= 0.6 is 11.6 Å². The minimum Gasteiger partial charge on any atom is -0.491 e. The van der Waals surface area contributed by atoms with Crippen molar-refractivity contribution in [1.82, 2.24) is 9.62 Å². The van der Waals surface area contributed by atoms with Gasteiger partial charge in [-0.3, -0.25) is 4.79 Å². The van der Waals surface area contributed by atoms with E-state index in [9.17, 15) is 13.2 Å². The highest BCUT2D eigenvalue weighted by Gasteiger charge is 2.39. The van der Waals surface area contributed by atoms with Crippen LogP contribution in [0.3, 0.4) is 0 Å². The van der Waals surface area contributed by atoms with Crippen molar-refractivity contribution >= 4 is 27.5 Å². The molecule has 1 N–H and O–H groups in total. The zero-order valence-electron chi connectivity index (χ0n) is 15.1. The summed E-state index contributed by atoms with van der Waals surface area (Å²) >= 11 is 6.04. The molecule has 0 radical (unpaired) electrons. The molecule has 1 saturated heterocycles. The fourth-order valence-electron chi connectivity index (χ4n) is 3.00. The monoisotopic (exact) mass is 408 g/mol. The van der Waals surface area contributed by atoms with Gasteiger partial charge in [-0.2, -0.15) is 4.31 Å². The van der Waals surface area contributed by atoms with Crippen molar-refractivity contribution in [3.63, 3.8) is 0 Å². The number of halogens is 1. The minimum atomic E-state index is -3.88. The second kappa shape index (κ2) is 7.88. The molecule has 144 valence electrons. The maximum atomic E-state index is 13.2. The lowest BCUT2D eigenvalue weighted by Gasteiger charge is -2.34. The molecule has 0 aliphatic carbocycles. The third-order valence-corrected chi connectivity index (χ3v) is 6.25. The summed E-state index contributed by atoms with van der Waals surface area (Å²) in [5.74, 6) is 0.221. The first kappa shape index (κ1) is 19.7. The molecule has 0 aromatic heterocycles. The van der Waals surface area contributed by atoms with Crippen molar-refractivity contribution in [3.8, 4) is 5.75 Å². The van der Waals surface area contributed by atoms with E-state index in [1.807, 2.05) is 13.8 Å². The van der Waals surface area contributed by atoms with Gasteiger partial charge in [-0.05, 0) is 55.8 Å². The van der Waals surface area contributed by atoms with Gasteiger partial charge in [-0.25, -0.2) is 8.42 Å². The number of carbonyl (C=O) groups is 1. The van der Waals surface area contributed by atoms with E-state index in [2.05, 4.69) is 5.32 Å². The molecule has 1 fully saturated rings. The molecule has 1 unspecified atom stereocenters. The number of sulfonamides is 1. The highest BCUT2D eigenvalue weighted by atomic mass is 35.5. The normalized spacial score (nSPS) is 18.4. The van der Waals surface area contributed by atoms with Crippen LogP contribution in [-0.4, -0.2) is 37.8 Å². The maximum absolute atomic E-state index is 13.2. The van der Waals surface area contributed by atoms with Gasteiger partial charge in [0, 0.05) is 18.1 Å². The van der Waals surface area contributed by atoms with E-state index in [4.69, 9.17) is 16.3 Å². The smallest absolute Gasteiger partial charge is 0.244 e. The van der Waals surface area contributed by atoms with Gasteiger partial charge in [-0.1, -0.05) is 23.7 Å². The van der Waals surface area contributed by atoms with Crippen LogP contribution in [-0.2, 0) is 14.8 Å². The molecule has 1 heterocycles. The lowest BCUT2D eigenvalue weighted by molar-refractivity contribution is -0.126. The standard InChI is InChI=1S/C19H21ClN2O4S/c1-13(2)26-16-6-8-17(9-7-16)27(24,25)22-11-10-21-19(23)18(22)14-4-3-5-15(20)12-14/h3-9,12-13,18H,10-11H2,1-2H3,(H,21,23). The zero-order chi connectivity index (χ0) is 19.6. The molecule has 8 heteroatoms. The molecule has 27 heavy (non-hydrogen) atoms. The number of nitrogens with one attached hydrogen (secondary N) is 1. The number of benzene rings is 2. The van der Waals surface area contributed by atoms with Crippen LogP contribution in [0.25, 0.3) is 0 Å². The fourth-order valence-corrected chi connectivity index (χ4v) is 4.77. The number of rotatable bonds is 5. The van der Waals surface area contributed by atoms with Gasteiger partial charge in [0.2, 0.25) is 15.9 Å². The van der Waals surface area contributed by atoms with Gasteiger partial charge < -0.3 is 10.1 Å². The van der Waals surface area contributed by atoms with E-state index in [-0.39, 0.29) is 30.0 Å². The highest BCUT2D eigenvalue weighted by Crippen LogP contribution is 2.31. The third kappa shape index (κ3) is 4.26. The zero-order valence-corrected chi connectivity index (χ0v) is 16.6. The van der Waals surface area contributed by atoms with Gasteiger partial charge in [0.25, 0.3) is 0 Å². The van der Waals surface area contributed by atoms with Crippen molar-refractivity contribution in [3.05, 3.63) is 59.1 Å².